The van der Waals surface area contributed by atoms with Gasteiger partial charge >= 0.3 is 5.97 Å². The van der Waals surface area contributed by atoms with E-state index in [1.54, 1.807) is 20.8 Å². The molecule has 0 atom stereocenters. The number of fused-ring (bicyclic) bond motifs is 1. The predicted octanol–water partition coefficient (Wildman–Crippen LogP) is 7.14. The monoisotopic (exact) mass is 483 g/mol. The van der Waals surface area contributed by atoms with E-state index in [0.717, 1.165) is 46.1 Å². The number of nitrogens with zero attached hydrogens (tertiary/aromatic N) is 1. The highest BCUT2D eigenvalue weighted by Crippen LogP contribution is 2.41. The molecule has 2 N–H and O–H groups in total. The van der Waals surface area contributed by atoms with E-state index in [1.165, 1.54) is 21.9 Å². The maximum atomic E-state index is 11.6. The molecule has 0 aliphatic heterocycles. The largest absolute Gasteiger partial charge is 0.481 e. The van der Waals surface area contributed by atoms with Gasteiger partial charge in [-0.2, -0.15) is 0 Å². The van der Waals surface area contributed by atoms with Crippen molar-refractivity contribution in [2.24, 2.45) is 0 Å². The van der Waals surface area contributed by atoms with Crippen LogP contribution in [0.15, 0.2) is 54.6 Å². The fourth-order valence-electron chi connectivity index (χ4n) is 4.51. The fraction of sp³-hybridized carbons (Fsp3) is 0.312. The summed E-state index contributed by atoms with van der Waals surface area (Å²) in [4.78, 5) is 16.3. The van der Waals surface area contributed by atoms with E-state index in [9.17, 15) is 9.90 Å². The second-order valence-electron chi connectivity index (χ2n) is 9.42. The number of aliphatic carboxylic acids is 1. The van der Waals surface area contributed by atoms with Gasteiger partial charge in [-0.1, -0.05) is 62.4 Å². The van der Waals surface area contributed by atoms with Crippen LogP contribution in [0.3, 0.4) is 0 Å². The molecule has 188 valence electrons. The van der Waals surface area contributed by atoms with Crippen molar-refractivity contribution in [3.8, 4) is 24.0 Å². The molecule has 1 aromatic heterocycles. The van der Waals surface area contributed by atoms with Gasteiger partial charge < -0.3 is 10.2 Å². The minimum Gasteiger partial charge on any atom is -0.481 e. The van der Waals surface area contributed by atoms with Crippen LogP contribution in [0.2, 0.25) is 0 Å². The molecule has 3 aromatic carbocycles. The Bertz CT molecular complexity index is 1360. The van der Waals surface area contributed by atoms with Gasteiger partial charge in [0.1, 0.15) is 0 Å². The Labute approximate surface area is 215 Å². The van der Waals surface area contributed by atoms with Crippen LogP contribution < -0.4 is 0 Å². The van der Waals surface area contributed by atoms with Crippen molar-refractivity contribution in [3.63, 3.8) is 0 Å². The number of terminal acetylenes is 1. The summed E-state index contributed by atoms with van der Waals surface area (Å²) in [6.07, 6.45) is 10.1. The van der Waals surface area contributed by atoms with Crippen molar-refractivity contribution in [1.82, 2.24) is 4.98 Å². The summed E-state index contributed by atoms with van der Waals surface area (Å²) in [5, 5.41) is 21.6. The van der Waals surface area contributed by atoms with Gasteiger partial charge in [-0.15, -0.1) is 12.8 Å². The molecule has 0 bridgehead atoms. The Morgan fingerprint density at radius 3 is 2.08 bits per heavy atom. The van der Waals surface area contributed by atoms with Crippen LogP contribution in [0.25, 0.3) is 32.8 Å². The number of carbonyl (C=O) groups is 1. The van der Waals surface area contributed by atoms with Crippen LogP contribution in [-0.2, 0) is 24.1 Å². The maximum absolute atomic E-state index is 11.6. The SMILES string of the molecule is C#C.CC.CC(C)(C)O.Cc1nc2ccccc2c(-c2ccc3c4c(cccc24)CC3)c1CC(=O)O. The van der Waals surface area contributed by atoms with Gasteiger partial charge in [0.05, 0.1) is 17.5 Å². The third kappa shape index (κ3) is 6.50. The second-order valence-corrected chi connectivity index (χ2v) is 9.42. The van der Waals surface area contributed by atoms with Gasteiger partial charge in [-0.05, 0) is 85.2 Å². The van der Waals surface area contributed by atoms with Crippen molar-refractivity contribution < 1.29 is 15.0 Å². The van der Waals surface area contributed by atoms with Gasteiger partial charge in [0.15, 0.2) is 0 Å². The molecule has 0 fully saturated rings. The van der Waals surface area contributed by atoms with E-state index in [0.29, 0.717) is 0 Å². The van der Waals surface area contributed by atoms with E-state index in [-0.39, 0.29) is 6.42 Å². The normalized spacial score (nSPS) is 11.5. The first kappa shape index (κ1) is 28.6. The number of rotatable bonds is 3. The Morgan fingerprint density at radius 1 is 0.917 bits per heavy atom. The maximum Gasteiger partial charge on any atom is 0.307 e. The zero-order valence-corrected chi connectivity index (χ0v) is 22.2. The predicted molar refractivity (Wildman–Crippen MR) is 151 cm³/mol. The Morgan fingerprint density at radius 2 is 1.47 bits per heavy atom. The summed E-state index contributed by atoms with van der Waals surface area (Å²) < 4.78 is 0. The molecule has 0 radical (unpaired) electrons. The Hall–Kier alpha value is -3.68. The lowest BCUT2D eigenvalue weighted by molar-refractivity contribution is -0.136. The van der Waals surface area contributed by atoms with Crippen LogP contribution in [0.1, 0.15) is 57.0 Å². The highest BCUT2D eigenvalue weighted by Gasteiger charge is 2.21. The zero-order chi connectivity index (χ0) is 27.0. The van der Waals surface area contributed by atoms with Crippen LogP contribution in [0.4, 0.5) is 0 Å². The van der Waals surface area contributed by atoms with Gasteiger partial charge in [-0.3, -0.25) is 9.78 Å². The van der Waals surface area contributed by atoms with E-state index >= 15 is 0 Å². The van der Waals surface area contributed by atoms with Gasteiger partial charge in [0.2, 0.25) is 0 Å². The van der Waals surface area contributed by atoms with Gasteiger partial charge in [-0.25, -0.2) is 0 Å². The molecule has 4 heteroatoms. The highest BCUT2D eigenvalue weighted by atomic mass is 16.4. The minimum absolute atomic E-state index is 0.0259. The minimum atomic E-state index is -0.831. The Kier molecular flexibility index (Phi) is 9.78. The topological polar surface area (TPSA) is 70.4 Å². The summed E-state index contributed by atoms with van der Waals surface area (Å²) in [5.74, 6) is -0.831. The molecule has 0 saturated carbocycles. The van der Waals surface area contributed by atoms with Crippen LogP contribution >= 0.6 is 0 Å². The first-order valence-corrected chi connectivity index (χ1v) is 12.3. The first-order chi connectivity index (χ1) is 17.1. The lowest BCUT2D eigenvalue weighted by Gasteiger charge is -2.17. The lowest BCUT2D eigenvalue weighted by Crippen LogP contribution is -2.10. The number of aryl methyl sites for hydroxylation is 3. The number of benzene rings is 3. The van der Waals surface area contributed by atoms with Gasteiger partial charge in [0.25, 0.3) is 0 Å². The average molecular weight is 484 g/mol. The molecule has 0 amide bonds. The molecule has 5 rings (SSSR count). The molecular formula is C32H37NO3. The molecule has 4 nitrogen and oxygen atoms in total. The number of aliphatic hydroxyl groups is 1. The summed E-state index contributed by atoms with van der Waals surface area (Å²) in [7, 11) is 0. The van der Waals surface area contributed by atoms with Crippen LogP contribution in [0, 0.1) is 19.8 Å². The van der Waals surface area contributed by atoms with Gasteiger partial charge in [0, 0.05) is 11.1 Å². The number of hydrogen-bond donors (Lipinski definition) is 2. The Balaban J connectivity index is 0.000000448. The number of carboxylic acids is 1. The van der Waals surface area contributed by atoms with Crippen LogP contribution in [0.5, 0.6) is 0 Å². The standard InChI is InChI=1S/C24H19NO2.C4H10O.C2H6.C2H2/c1-14-20(13-22(26)27)24(19-6-2-3-8-21(19)25-14)18-12-11-16-10-9-15-5-4-7-17(18)23(15)16;1-4(2,3)5;2*1-2/h2-8,11-12H,9-10,13H2,1H3,(H,26,27);5H,1-3H3;1-2H3;1-2H. The molecule has 36 heavy (non-hydrogen) atoms. The number of para-hydroxylation sites is 1. The average Bonchev–Trinajstić information content (AvgIpc) is 3.26. The molecule has 0 unspecified atom stereocenters. The first-order valence-electron chi connectivity index (χ1n) is 12.3. The third-order valence-corrected chi connectivity index (χ3v) is 5.67. The van der Waals surface area contributed by atoms with E-state index in [2.05, 4.69) is 48.2 Å². The van der Waals surface area contributed by atoms with E-state index < -0.39 is 11.6 Å². The quantitative estimate of drug-likeness (QED) is 0.304. The van der Waals surface area contributed by atoms with Crippen molar-refractivity contribution >= 4 is 27.6 Å². The molecule has 1 aliphatic rings. The molecule has 0 saturated heterocycles. The summed E-state index contributed by atoms with van der Waals surface area (Å²) in [5.41, 5.74) is 6.89. The van der Waals surface area contributed by atoms with Crippen molar-refractivity contribution in [3.05, 3.63) is 77.0 Å². The number of pyridine rings is 1. The lowest BCUT2D eigenvalue weighted by atomic mass is 9.88. The zero-order valence-electron chi connectivity index (χ0n) is 22.2. The molecule has 1 aliphatic carbocycles. The van der Waals surface area contributed by atoms with E-state index in [4.69, 9.17) is 5.11 Å². The summed E-state index contributed by atoms with van der Waals surface area (Å²) in [6.45, 7) is 11.1. The number of aromatic nitrogens is 1. The molecular weight excluding hydrogens is 446 g/mol. The highest BCUT2D eigenvalue weighted by molar-refractivity contribution is 6.08. The summed E-state index contributed by atoms with van der Waals surface area (Å²) in [6, 6.07) is 18.9. The molecule has 0 spiro atoms. The molecule has 1 heterocycles. The number of hydrogen-bond acceptors (Lipinski definition) is 3. The van der Waals surface area contributed by atoms with Crippen molar-refractivity contribution in [1.29, 1.82) is 0 Å². The third-order valence-electron chi connectivity index (χ3n) is 5.67. The van der Waals surface area contributed by atoms with Crippen molar-refractivity contribution in [2.45, 2.75) is 66.4 Å². The fourth-order valence-corrected chi connectivity index (χ4v) is 4.51. The smallest absolute Gasteiger partial charge is 0.307 e. The number of carboxylic acid groups (broad SMARTS) is 1. The summed E-state index contributed by atoms with van der Waals surface area (Å²) >= 11 is 0. The second kappa shape index (κ2) is 12.3. The van der Waals surface area contributed by atoms with E-state index in [1.807, 2.05) is 45.0 Å². The van der Waals surface area contributed by atoms with Crippen LogP contribution in [-0.4, -0.2) is 26.8 Å². The van der Waals surface area contributed by atoms with Crippen molar-refractivity contribution in [2.75, 3.05) is 0 Å². The molecule has 4 aromatic rings.